The minimum absolute atomic E-state index is 0.0101. The molecule has 6 nitrogen and oxygen atoms in total. The molecule has 0 N–H and O–H groups in total. The molecule has 0 saturated carbocycles. The van der Waals surface area contributed by atoms with Gasteiger partial charge in [0.05, 0.1) is 17.9 Å². The second kappa shape index (κ2) is 8.86. The van der Waals surface area contributed by atoms with Gasteiger partial charge in [0.2, 0.25) is 0 Å². The van der Waals surface area contributed by atoms with Crippen LogP contribution in [0.25, 0.3) is 0 Å². The van der Waals surface area contributed by atoms with Crippen molar-refractivity contribution in [3.8, 4) is 0 Å². The van der Waals surface area contributed by atoms with Crippen molar-refractivity contribution >= 4 is 17.3 Å². The highest BCUT2D eigenvalue weighted by atomic mass is 35.5. The Morgan fingerprint density at radius 2 is 1.93 bits per heavy atom. The molecule has 3 heterocycles. The van der Waals surface area contributed by atoms with Crippen LogP contribution < -0.4 is 10.5 Å². The normalized spacial score (nSPS) is 21.5. The van der Waals surface area contributed by atoms with Crippen molar-refractivity contribution in [3.05, 3.63) is 57.0 Å². The fourth-order valence-corrected chi connectivity index (χ4v) is 4.60. The number of benzene rings is 1. The van der Waals surface area contributed by atoms with Gasteiger partial charge in [0.1, 0.15) is 0 Å². The number of likely N-dealkylation sites (N-methyl/N-ethyl adjacent to an activating group) is 1. The molecule has 0 amide bonds. The number of anilines is 1. The van der Waals surface area contributed by atoms with Crippen LogP contribution in [0.2, 0.25) is 5.02 Å². The van der Waals surface area contributed by atoms with Crippen LogP contribution in [0.15, 0.2) is 35.3 Å². The first-order chi connectivity index (χ1) is 14.0. The average molecular weight is 416 g/mol. The maximum Gasteiger partial charge on any atom is 0.269 e. The number of aryl methyl sites for hydroxylation is 1. The molecule has 2 saturated heterocycles. The maximum absolute atomic E-state index is 12.8. The Balaban J connectivity index is 1.44. The summed E-state index contributed by atoms with van der Waals surface area (Å²) in [6.07, 6.45) is 3.94. The van der Waals surface area contributed by atoms with Gasteiger partial charge in [0.15, 0.2) is 0 Å². The Labute approximate surface area is 177 Å². The average Bonchev–Trinajstić information content (AvgIpc) is 2.71. The molecule has 0 spiro atoms. The Morgan fingerprint density at radius 1 is 1.14 bits per heavy atom. The van der Waals surface area contributed by atoms with Crippen LogP contribution in [0, 0.1) is 6.92 Å². The Morgan fingerprint density at radius 3 is 2.66 bits per heavy atom. The molecule has 0 radical (unpaired) electrons. The van der Waals surface area contributed by atoms with Crippen LogP contribution in [0.5, 0.6) is 0 Å². The molecular formula is C22H30ClN5O. The number of piperazine rings is 1. The second-order valence-electron chi connectivity index (χ2n) is 8.39. The van der Waals surface area contributed by atoms with Crippen molar-refractivity contribution < 1.29 is 0 Å². The molecule has 0 aliphatic carbocycles. The zero-order chi connectivity index (χ0) is 20.4. The van der Waals surface area contributed by atoms with E-state index in [4.69, 9.17) is 11.6 Å². The lowest BCUT2D eigenvalue weighted by atomic mass is 10.0. The number of likely N-dealkylation sites (tertiary alicyclic amines) is 1. The van der Waals surface area contributed by atoms with Crippen LogP contribution in [0.1, 0.15) is 30.0 Å². The summed E-state index contributed by atoms with van der Waals surface area (Å²) in [4.78, 5) is 19.8. The monoisotopic (exact) mass is 415 g/mol. The molecule has 0 bridgehead atoms. The molecule has 1 aromatic heterocycles. The fraction of sp³-hybridized carbons (Fsp3) is 0.545. The van der Waals surface area contributed by atoms with E-state index in [1.165, 1.54) is 11.1 Å². The summed E-state index contributed by atoms with van der Waals surface area (Å²) >= 11 is 6.09. The zero-order valence-electron chi connectivity index (χ0n) is 17.4. The van der Waals surface area contributed by atoms with E-state index in [9.17, 15) is 4.79 Å². The van der Waals surface area contributed by atoms with Gasteiger partial charge in [-0.05, 0) is 56.6 Å². The predicted octanol–water partition coefficient (Wildman–Crippen LogP) is 2.79. The SMILES string of the molecule is Cc1cc(Cl)ccc1CN1CCC[C@@H](n2ncc(N3CCN(C)CC3)cc2=O)C1. The molecule has 1 atom stereocenters. The van der Waals surface area contributed by atoms with Gasteiger partial charge in [-0.25, -0.2) is 4.68 Å². The van der Waals surface area contributed by atoms with Gasteiger partial charge in [-0.1, -0.05) is 17.7 Å². The molecule has 4 rings (SSSR count). The third kappa shape index (κ3) is 4.82. The van der Waals surface area contributed by atoms with E-state index in [2.05, 4.69) is 39.8 Å². The van der Waals surface area contributed by atoms with Crippen molar-refractivity contribution in [2.24, 2.45) is 0 Å². The van der Waals surface area contributed by atoms with Crippen molar-refractivity contribution in [2.45, 2.75) is 32.4 Å². The van der Waals surface area contributed by atoms with E-state index in [-0.39, 0.29) is 11.6 Å². The van der Waals surface area contributed by atoms with E-state index in [1.807, 2.05) is 18.3 Å². The topological polar surface area (TPSA) is 44.6 Å². The van der Waals surface area contributed by atoms with E-state index in [0.29, 0.717) is 0 Å². The molecule has 29 heavy (non-hydrogen) atoms. The first kappa shape index (κ1) is 20.4. The predicted molar refractivity (Wildman–Crippen MR) is 118 cm³/mol. The number of hydrogen-bond acceptors (Lipinski definition) is 5. The van der Waals surface area contributed by atoms with Gasteiger partial charge < -0.3 is 9.80 Å². The molecule has 7 heteroatoms. The van der Waals surface area contributed by atoms with Crippen molar-refractivity contribution in [2.75, 3.05) is 51.2 Å². The highest BCUT2D eigenvalue weighted by Crippen LogP contribution is 2.24. The quantitative estimate of drug-likeness (QED) is 0.768. The lowest BCUT2D eigenvalue weighted by molar-refractivity contribution is 0.159. The van der Waals surface area contributed by atoms with Crippen molar-refractivity contribution in [3.63, 3.8) is 0 Å². The molecule has 156 valence electrons. The smallest absolute Gasteiger partial charge is 0.269 e. The van der Waals surface area contributed by atoms with Crippen LogP contribution in [0.3, 0.4) is 0 Å². The van der Waals surface area contributed by atoms with Crippen molar-refractivity contribution in [1.82, 2.24) is 19.6 Å². The van der Waals surface area contributed by atoms with E-state index < -0.39 is 0 Å². The van der Waals surface area contributed by atoms with Gasteiger partial charge in [0.25, 0.3) is 5.56 Å². The van der Waals surface area contributed by atoms with Gasteiger partial charge in [0, 0.05) is 50.4 Å². The molecule has 2 fully saturated rings. The zero-order valence-corrected chi connectivity index (χ0v) is 18.1. The molecule has 0 unspecified atom stereocenters. The van der Waals surface area contributed by atoms with Gasteiger partial charge in [-0.3, -0.25) is 9.69 Å². The molecule has 2 aliphatic heterocycles. The summed E-state index contributed by atoms with van der Waals surface area (Å²) in [5, 5.41) is 5.35. The van der Waals surface area contributed by atoms with Gasteiger partial charge in [-0.15, -0.1) is 0 Å². The first-order valence-electron chi connectivity index (χ1n) is 10.5. The number of halogens is 1. The minimum atomic E-state index is 0.0101. The summed E-state index contributed by atoms with van der Waals surface area (Å²) in [6, 6.07) is 7.97. The van der Waals surface area contributed by atoms with E-state index in [1.54, 1.807) is 10.7 Å². The Kier molecular flexibility index (Phi) is 6.23. The lowest BCUT2D eigenvalue weighted by Crippen LogP contribution is -2.45. The summed E-state index contributed by atoms with van der Waals surface area (Å²) in [5.41, 5.74) is 3.46. The number of rotatable bonds is 4. The highest BCUT2D eigenvalue weighted by Gasteiger charge is 2.24. The highest BCUT2D eigenvalue weighted by molar-refractivity contribution is 6.30. The standard InChI is InChI=1S/C22H30ClN5O/c1-17-12-19(23)6-5-18(17)15-26-7-3-4-20(16-26)28-22(29)13-21(14-24-28)27-10-8-25(2)9-11-27/h5-6,12-14,20H,3-4,7-11,15-16H2,1-2H3/t20-/m1/s1. The number of aromatic nitrogens is 2. The number of hydrogen-bond donors (Lipinski definition) is 0. The lowest BCUT2D eigenvalue weighted by Gasteiger charge is -2.35. The Bertz CT molecular complexity index is 906. The number of nitrogens with zero attached hydrogens (tertiary/aromatic N) is 5. The largest absolute Gasteiger partial charge is 0.368 e. The van der Waals surface area contributed by atoms with Crippen LogP contribution in [-0.4, -0.2) is 65.9 Å². The molecule has 2 aromatic rings. The van der Waals surface area contributed by atoms with Gasteiger partial charge >= 0.3 is 0 Å². The summed E-state index contributed by atoms with van der Waals surface area (Å²) in [6.45, 7) is 8.81. The minimum Gasteiger partial charge on any atom is -0.368 e. The second-order valence-corrected chi connectivity index (χ2v) is 8.83. The van der Waals surface area contributed by atoms with Crippen LogP contribution >= 0.6 is 11.6 Å². The van der Waals surface area contributed by atoms with Crippen LogP contribution in [0.4, 0.5) is 5.69 Å². The third-order valence-corrected chi connectivity index (χ3v) is 6.44. The summed E-state index contributed by atoms with van der Waals surface area (Å²) < 4.78 is 1.69. The van der Waals surface area contributed by atoms with Crippen LogP contribution in [-0.2, 0) is 6.54 Å². The van der Waals surface area contributed by atoms with Gasteiger partial charge in [-0.2, -0.15) is 5.10 Å². The first-order valence-corrected chi connectivity index (χ1v) is 10.9. The van der Waals surface area contributed by atoms with E-state index in [0.717, 1.165) is 69.4 Å². The summed E-state index contributed by atoms with van der Waals surface area (Å²) in [5.74, 6) is 0. The third-order valence-electron chi connectivity index (χ3n) is 6.21. The molecular weight excluding hydrogens is 386 g/mol. The Hall–Kier alpha value is -1.89. The molecule has 1 aromatic carbocycles. The molecule has 2 aliphatic rings. The van der Waals surface area contributed by atoms with Crippen molar-refractivity contribution in [1.29, 1.82) is 0 Å². The maximum atomic E-state index is 12.8. The van der Waals surface area contributed by atoms with E-state index >= 15 is 0 Å². The number of piperidine rings is 1. The fourth-order valence-electron chi connectivity index (χ4n) is 4.37. The summed E-state index contributed by atoms with van der Waals surface area (Å²) in [7, 11) is 2.13.